The Morgan fingerprint density at radius 1 is 0.900 bits per heavy atom. The number of aromatic nitrogens is 4. The molecule has 0 N–H and O–H groups in total. The predicted octanol–water partition coefficient (Wildman–Crippen LogP) is 5.23. The maximum absolute atomic E-state index is 12.8. The molecule has 6 heteroatoms. The summed E-state index contributed by atoms with van der Waals surface area (Å²) in [4.78, 5) is 16.9. The molecule has 0 fully saturated rings. The Bertz CT molecular complexity index is 1180. The van der Waals surface area contributed by atoms with E-state index in [1.54, 1.807) is 12.4 Å². The summed E-state index contributed by atoms with van der Waals surface area (Å²) in [7, 11) is 0. The van der Waals surface area contributed by atoms with Gasteiger partial charge in [0.2, 0.25) is 0 Å². The molecular formula is C24H22N4OS. The van der Waals surface area contributed by atoms with Crippen molar-refractivity contribution < 1.29 is 4.79 Å². The minimum atomic E-state index is 0.0846. The van der Waals surface area contributed by atoms with Crippen LogP contribution in [-0.4, -0.2) is 31.3 Å². The van der Waals surface area contributed by atoms with Crippen LogP contribution in [0.3, 0.4) is 0 Å². The summed E-state index contributed by atoms with van der Waals surface area (Å²) in [6.07, 6.45) is 3.47. The van der Waals surface area contributed by atoms with Crippen molar-refractivity contribution in [2.75, 3.05) is 5.75 Å². The zero-order chi connectivity index (χ0) is 21.1. The SMILES string of the molecule is Cc1ccc(-n2c(SCC(=O)c3ccc(C)cc3C)nnc2-c2ccncc2)cc1. The van der Waals surface area contributed by atoms with E-state index >= 15 is 0 Å². The highest BCUT2D eigenvalue weighted by Gasteiger charge is 2.18. The molecule has 0 aliphatic heterocycles. The zero-order valence-corrected chi connectivity index (χ0v) is 18.0. The molecule has 0 atom stereocenters. The normalized spacial score (nSPS) is 10.9. The summed E-state index contributed by atoms with van der Waals surface area (Å²) in [6, 6.07) is 17.9. The lowest BCUT2D eigenvalue weighted by molar-refractivity contribution is 0.102. The number of ketones is 1. The predicted molar refractivity (Wildman–Crippen MR) is 120 cm³/mol. The van der Waals surface area contributed by atoms with Crippen LogP contribution < -0.4 is 0 Å². The van der Waals surface area contributed by atoms with Crippen molar-refractivity contribution in [3.05, 3.63) is 89.2 Å². The summed E-state index contributed by atoms with van der Waals surface area (Å²) in [5.74, 6) is 1.11. The van der Waals surface area contributed by atoms with E-state index in [1.165, 1.54) is 17.3 Å². The Morgan fingerprint density at radius 3 is 2.30 bits per heavy atom. The third-order valence-electron chi connectivity index (χ3n) is 4.88. The molecule has 0 radical (unpaired) electrons. The molecule has 0 spiro atoms. The van der Waals surface area contributed by atoms with Crippen LogP contribution in [0.2, 0.25) is 0 Å². The molecule has 30 heavy (non-hydrogen) atoms. The van der Waals surface area contributed by atoms with E-state index in [0.29, 0.717) is 10.9 Å². The van der Waals surface area contributed by atoms with Gasteiger partial charge in [-0.05, 0) is 50.6 Å². The summed E-state index contributed by atoms with van der Waals surface area (Å²) in [6.45, 7) is 6.06. The summed E-state index contributed by atoms with van der Waals surface area (Å²) < 4.78 is 1.99. The Balaban J connectivity index is 1.67. The lowest BCUT2D eigenvalue weighted by Gasteiger charge is -2.11. The van der Waals surface area contributed by atoms with E-state index in [4.69, 9.17) is 0 Å². The second-order valence-electron chi connectivity index (χ2n) is 7.24. The van der Waals surface area contributed by atoms with Gasteiger partial charge in [-0.2, -0.15) is 0 Å². The van der Waals surface area contributed by atoms with Crippen LogP contribution in [0, 0.1) is 20.8 Å². The fourth-order valence-corrected chi connectivity index (χ4v) is 4.15. The molecule has 2 aromatic heterocycles. The first kappa shape index (κ1) is 20.0. The first-order valence-electron chi connectivity index (χ1n) is 9.69. The van der Waals surface area contributed by atoms with Gasteiger partial charge in [0.05, 0.1) is 5.75 Å². The van der Waals surface area contributed by atoms with Gasteiger partial charge < -0.3 is 0 Å². The van der Waals surface area contributed by atoms with Crippen LogP contribution in [0.15, 0.2) is 72.1 Å². The van der Waals surface area contributed by atoms with Crippen molar-refractivity contribution in [1.82, 2.24) is 19.7 Å². The van der Waals surface area contributed by atoms with E-state index in [9.17, 15) is 4.79 Å². The van der Waals surface area contributed by atoms with Crippen LogP contribution in [0.5, 0.6) is 0 Å². The molecule has 2 aromatic carbocycles. The average molecular weight is 415 g/mol. The molecule has 0 amide bonds. The van der Waals surface area contributed by atoms with Gasteiger partial charge in [0.25, 0.3) is 0 Å². The highest BCUT2D eigenvalue weighted by Crippen LogP contribution is 2.28. The Morgan fingerprint density at radius 2 is 1.60 bits per heavy atom. The maximum Gasteiger partial charge on any atom is 0.196 e. The second-order valence-corrected chi connectivity index (χ2v) is 8.19. The fourth-order valence-electron chi connectivity index (χ4n) is 3.31. The number of nitrogens with zero attached hydrogens (tertiary/aromatic N) is 4. The standard InChI is InChI=1S/C24H22N4OS/c1-16-4-7-20(8-5-16)28-23(19-10-12-25-13-11-19)26-27-24(28)30-15-22(29)21-9-6-17(2)14-18(21)3/h4-14H,15H2,1-3H3. The van der Waals surface area contributed by atoms with Crippen molar-refractivity contribution in [1.29, 1.82) is 0 Å². The summed E-state index contributed by atoms with van der Waals surface area (Å²) >= 11 is 1.40. The van der Waals surface area contributed by atoms with E-state index in [0.717, 1.165) is 33.8 Å². The second kappa shape index (κ2) is 8.63. The lowest BCUT2D eigenvalue weighted by atomic mass is 10.0. The van der Waals surface area contributed by atoms with E-state index in [2.05, 4.69) is 34.2 Å². The van der Waals surface area contributed by atoms with Gasteiger partial charge in [-0.3, -0.25) is 14.3 Å². The molecule has 5 nitrogen and oxygen atoms in total. The summed E-state index contributed by atoms with van der Waals surface area (Å²) in [5.41, 5.74) is 5.96. The van der Waals surface area contributed by atoms with Crippen LogP contribution in [0.25, 0.3) is 17.1 Å². The van der Waals surface area contributed by atoms with Gasteiger partial charge in [0.1, 0.15) is 0 Å². The Labute approximate surface area is 180 Å². The smallest absolute Gasteiger partial charge is 0.196 e. The first-order valence-corrected chi connectivity index (χ1v) is 10.7. The van der Waals surface area contributed by atoms with Crippen molar-refractivity contribution >= 4 is 17.5 Å². The monoisotopic (exact) mass is 414 g/mol. The van der Waals surface area contributed by atoms with Crippen LogP contribution in [-0.2, 0) is 0 Å². The topological polar surface area (TPSA) is 60.7 Å². The number of hydrogen-bond donors (Lipinski definition) is 0. The number of aryl methyl sites for hydroxylation is 3. The van der Waals surface area contributed by atoms with Gasteiger partial charge in [-0.15, -0.1) is 10.2 Å². The highest BCUT2D eigenvalue weighted by atomic mass is 32.2. The Hall–Kier alpha value is -3.25. The minimum absolute atomic E-state index is 0.0846. The summed E-state index contributed by atoms with van der Waals surface area (Å²) in [5, 5.41) is 9.50. The van der Waals surface area contributed by atoms with Crippen molar-refractivity contribution in [3.63, 3.8) is 0 Å². The minimum Gasteiger partial charge on any atom is -0.293 e. The number of carbonyl (C=O) groups is 1. The van der Waals surface area contributed by atoms with E-state index in [-0.39, 0.29) is 5.78 Å². The molecule has 0 aliphatic carbocycles. The third kappa shape index (κ3) is 4.19. The molecule has 4 rings (SSSR count). The fraction of sp³-hybridized carbons (Fsp3) is 0.167. The number of Topliss-reactive ketones (excluding diaryl/α,β-unsaturated/α-hetero) is 1. The number of carbonyl (C=O) groups excluding carboxylic acids is 1. The third-order valence-corrected chi connectivity index (χ3v) is 5.81. The molecule has 4 aromatic rings. The molecule has 2 heterocycles. The maximum atomic E-state index is 12.8. The van der Waals surface area contributed by atoms with E-state index in [1.807, 2.05) is 60.9 Å². The van der Waals surface area contributed by atoms with Gasteiger partial charge in [0.15, 0.2) is 16.8 Å². The number of pyridine rings is 1. The number of thioether (sulfide) groups is 1. The quantitative estimate of drug-likeness (QED) is 0.319. The number of rotatable bonds is 6. The average Bonchev–Trinajstić information content (AvgIpc) is 3.17. The van der Waals surface area contributed by atoms with Crippen molar-refractivity contribution in [2.45, 2.75) is 25.9 Å². The lowest BCUT2D eigenvalue weighted by Crippen LogP contribution is -2.07. The molecule has 0 unspecified atom stereocenters. The van der Waals surface area contributed by atoms with Gasteiger partial charge in [0, 0.05) is 29.2 Å². The Kier molecular flexibility index (Phi) is 5.77. The van der Waals surface area contributed by atoms with Gasteiger partial charge in [-0.1, -0.05) is 53.2 Å². The first-order chi connectivity index (χ1) is 14.5. The molecule has 150 valence electrons. The molecule has 0 saturated heterocycles. The van der Waals surface area contributed by atoms with Crippen LogP contribution >= 0.6 is 11.8 Å². The number of benzene rings is 2. The molecular weight excluding hydrogens is 392 g/mol. The number of hydrogen-bond acceptors (Lipinski definition) is 5. The molecule has 0 aliphatic rings. The highest BCUT2D eigenvalue weighted by molar-refractivity contribution is 7.99. The van der Waals surface area contributed by atoms with Crippen LogP contribution in [0.4, 0.5) is 0 Å². The van der Waals surface area contributed by atoms with Crippen molar-refractivity contribution in [2.24, 2.45) is 0 Å². The van der Waals surface area contributed by atoms with E-state index < -0.39 is 0 Å². The van der Waals surface area contributed by atoms with Gasteiger partial charge >= 0.3 is 0 Å². The molecule has 0 bridgehead atoms. The molecule has 0 saturated carbocycles. The van der Waals surface area contributed by atoms with Crippen molar-refractivity contribution in [3.8, 4) is 17.1 Å². The van der Waals surface area contributed by atoms with Gasteiger partial charge in [-0.25, -0.2) is 0 Å². The zero-order valence-electron chi connectivity index (χ0n) is 17.2. The van der Waals surface area contributed by atoms with Crippen LogP contribution in [0.1, 0.15) is 27.0 Å². The largest absolute Gasteiger partial charge is 0.293 e.